The van der Waals surface area contributed by atoms with E-state index in [1.807, 2.05) is 27.0 Å². The van der Waals surface area contributed by atoms with E-state index in [1.165, 1.54) is 12.1 Å². The average molecular weight is 265 g/mol. The fourth-order valence-electron chi connectivity index (χ4n) is 2.33. The molecule has 0 amide bonds. The zero-order valence-electron chi connectivity index (χ0n) is 11.3. The van der Waals surface area contributed by atoms with Gasteiger partial charge in [0, 0.05) is 17.7 Å². The normalized spacial score (nSPS) is 12.7. The van der Waals surface area contributed by atoms with Gasteiger partial charge >= 0.3 is 0 Å². The number of hydrogen-bond donors (Lipinski definition) is 1. The molecule has 1 aromatic carbocycles. The minimum Gasteiger partial charge on any atom is -0.466 e. The topological polar surface area (TPSA) is 25.2 Å². The molecule has 1 unspecified atom stereocenters. The molecule has 102 valence electrons. The minimum atomic E-state index is -0.551. The first kappa shape index (κ1) is 13.7. The van der Waals surface area contributed by atoms with Crippen molar-refractivity contribution >= 4 is 0 Å². The van der Waals surface area contributed by atoms with Gasteiger partial charge in [0.1, 0.15) is 23.2 Å². The van der Waals surface area contributed by atoms with Crippen LogP contribution >= 0.6 is 0 Å². The van der Waals surface area contributed by atoms with Gasteiger partial charge in [-0.1, -0.05) is 0 Å². The molecule has 2 aromatic rings. The molecule has 0 aliphatic rings. The van der Waals surface area contributed by atoms with Gasteiger partial charge in [0.15, 0.2) is 0 Å². The fraction of sp³-hybridized carbons (Fsp3) is 0.333. The predicted molar refractivity (Wildman–Crippen MR) is 70.0 cm³/mol. The van der Waals surface area contributed by atoms with Crippen molar-refractivity contribution in [1.29, 1.82) is 0 Å². The molecule has 0 radical (unpaired) electrons. The van der Waals surface area contributed by atoms with Crippen molar-refractivity contribution in [3.8, 4) is 0 Å². The highest BCUT2D eigenvalue weighted by Gasteiger charge is 2.16. The predicted octanol–water partition coefficient (Wildman–Crippen LogP) is 3.68. The van der Waals surface area contributed by atoms with Crippen LogP contribution in [-0.2, 0) is 6.42 Å². The van der Waals surface area contributed by atoms with Crippen molar-refractivity contribution in [2.75, 3.05) is 7.05 Å². The van der Waals surface area contributed by atoms with Crippen LogP contribution in [0.2, 0.25) is 0 Å². The lowest BCUT2D eigenvalue weighted by atomic mass is 9.99. The largest absolute Gasteiger partial charge is 0.466 e. The van der Waals surface area contributed by atoms with E-state index in [0.717, 1.165) is 23.2 Å². The van der Waals surface area contributed by atoms with Crippen LogP contribution in [0.3, 0.4) is 0 Å². The summed E-state index contributed by atoms with van der Waals surface area (Å²) < 4.78 is 31.9. The van der Waals surface area contributed by atoms with Gasteiger partial charge in [-0.15, -0.1) is 0 Å². The second kappa shape index (κ2) is 5.53. The van der Waals surface area contributed by atoms with Gasteiger partial charge in [0.05, 0.1) is 0 Å². The van der Waals surface area contributed by atoms with Gasteiger partial charge in [-0.25, -0.2) is 8.78 Å². The quantitative estimate of drug-likeness (QED) is 0.912. The Morgan fingerprint density at radius 1 is 1.11 bits per heavy atom. The Hall–Kier alpha value is -1.68. The summed E-state index contributed by atoms with van der Waals surface area (Å²) in [5.74, 6) is 0.557. The first-order valence-electron chi connectivity index (χ1n) is 6.18. The number of rotatable bonds is 4. The number of nitrogens with one attached hydrogen (secondary N) is 1. The molecular formula is C15H17F2NO. The summed E-state index contributed by atoms with van der Waals surface area (Å²) in [6.07, 6.45) is 0.505. The summed E-state index contributed by atoms with van der Waals surface area (Å²) in [7, 11) is 1.82. The smallest absolute Gasteiger partial charge is 0.126 e. The highest BCUT2D eigenvalue weighted by molar-refractivity contribution is 5.27. The fourth-order valence-corrected chi connectivity index (χ4v) is 2.33. The van der Waals surface area contributed by atoms with Gasteiger partial charge in [-0.3, -0.25) is 0 Å². The molecule has 1 heterocycles. The van der Waals surface area contributed by atoms with Crippen LogP contribution in [0.25, 0.3) is 0 Å². The van der Waals surface area contributed by atoms with E-state index in [2.05, 4.69) is 5.32 Å². The molecule has 2 rings (SSSR count). The molecule has 4 heteroatoms. The summed E-state index contributed by atoms with van der Waals surface area (Å²) in [5, 5.41) is 3.16. The van der Waals surface area contributed by atoms with Gasteiger partial charge in [0.2, 0.25) is 0 Å². The Kier molecular flexibility index (Phi) is 4.00. The Bertz CT molecular complexity index is 557. The van der Waals surface area contributed by atoms with Crippen molar-refractivity contribution in [2.45, 2.75) is 26.3 Å². The first-order valence-corrected chi connectivity index (χ1v) is 6.18. The number of likely N-dealkylation sites (N-methyl/N-ethyl adjacent to an activating group) is 1. The molecule has 19 heavy (non-hydrogen) atoms. The van der Waals surface area contributed by atoms with Crippen molar-refractivity contribution < 1.29 is 13.2 Å². The number of aryl methyl sites for hydroxylation is 2. The van der Waals surface area contributed by atoms with E-state index < -0.39 is 11.6 Å². The minimum absolute atomic E-state index is 0.0290. The second-order valence-corrected chi connectivity index (χ2v) is 4.69. The zero-order chi connectivity index (χ0) is 14.0. The Labute approximate surface area is 111 Å². The Morgan fingerprint density at radius 3 is 2.21 bits per heavy atom. The zero-order valence-corrected chi connectivity index (χ0v) is 11.3. The SMILES string of the molecule is CNC(Cc1cc(F)cc(F)c1)c1cc(C)oc1C. The van der Waals surface area contributed by atoms with E-state index in [1.54, 1.807) is 0 Å². The van der Waals surface area contributed by atoms with Crippen LogP contribution in [0.5, 0.6) is 0 Å². The molecule has 0 fully saturated rings. The van der Waals surface area contributed by atoms with E-state index in [0.29, 0.717) is 12.0 Å². The maximum Gasteiger partial charge on any atom is 0.126 e. The molecule has 0 saturated carbocycles. The van der Waals surface area contributed by atoms with Crippen LogP contribution in [0.1, 0.15) is 28.7 Å². The van der Waals surface area contributed by atoms with Gasteiger partial charge in [-0.2, -0.15) is 0 Å². The van der Waals surface area contributed by atoms with Crippen molar-refractivity contribution in [2.24, 2.45) is 0 Å². The summed E-state index contributed by atoms with van der Waals surface area (Å²) in [6.45, 7) is 3.77. The molecule has 1 atom stereocenters. The summed E-state index contributed by atoms with van der Waals surface area (Å²) in [6, 6.07) is 5.52. The van der Waals surface area contributed by atoms with E-state index in [-0.39, 0.29) is 6.04 Å². The number of hydrogen-bond acceptors (Lipinski definition) is 2. The third kappa shape index (κ3) is 3.20. The van der Waals surface area contributed by atoms with Crippen LogP contribution in [0.15, 0.2) is 28.7 Å². The highest BCUT2D eigenvalue weighted by Crippen LogP contribution is 2.25. The van der Waals surface area contributed by atoms with Gasteiger partial charge < -0.3 is 9.73 Å². The lowest BCUT2D eigenvalue weighted by Gasteiger charge is -2.15. The van der Waals surface area contributed by atoms with Crippen molar-refractivity contribution in [3.05, 3.63) is 58.5 Å². The van der Waals surface area contributed by atoms with E-state index in [4.69, 9.17) is 4.42 Å². The lowest BCUT2D eigenvalue weighted by Crippen LogP contribution is -2.19. The Morgan fingerprint density at radius 2 is 1.74 bits per heavy atom. The molecule has 0 aliphatic carbocycles. The first-order chi connectivity index (χ1) is 8.99. The van der Waals surface area contributed by atoms with E-state index >= 15 is 0 Å². The summed E-state index contributed by atoms with van der Waals surface area (Å²) >= 11 is 0. The van der Waals surface area contributed by atoms with Gasteiger partial charge in [-0.05, 0) is 51.1 Å². The Balaban J connectivity index is 2.26. The van der Waals surface area contributed by atoms with Crippen LogP contribution in [0.4, 0.5) is 8.78 Å². The third-order valence-electron chi connectivity index (χ3n) is 3.17. The van der Waals surface area contributed by atoms with Gasteiger partial charge in [0.25, 0.3) is 0 Å². The molecule has 1 N–H and O–H groups in total. The monoisotopic (exact) mass is 265 g/mol. The molecule has 0 bridgehead atoms. The molecular weight excluding hydrogens is 248 g/mol. The summed E-state index contributed by atoms with van der Waals surface area (Å²) in [5.41, 5.74) is 1.64. The van der Waals surface area contributed by atoms with Crippen LogP contribution < -0.4 is 5.32 Å². The average Bonchev–Trinajstić information content (AvgIpc) is 2.64. The lowest BCUT2D eigenvalue weighted by molar-refractivity contribution is 0.489. The molecule has 1 aromatic heterocycles. The number of benzene rings is 1. The molecule has 0 spiro atoms. The number of furan rings is 1. The maximum atomic E-state index is 13.2. The molecule has 2 nitrogen and oxygen atoms in total. The standard InChI is InChI=1S/C15H17F2NO/c1-9-4-14(10(2)19-9)15(18-3)7-11-5-12(16)8-13(17)6-11/h4-6,8,15,18H,7H2,1-3H3. The van der Waals surface area contributed by atoms with Crippen molar-refractivity contribution in [1.82, 2.24) is 5.32 Å². The summed E-state index contributed by atoms with van der Waals surface area (Å²) in [4.78, 5) is 0. The van der Waals surface area contributed by atoms with Crippen LogP contribution in [0, 0.1) is 25.5 Å². The van der Waals surface area contributed by atoms with E-state index in [9.17, 15) is 8.78 Å². The number of halogens is 2. The maximum absolute atomic E-state index is 13.2. The van der Waals surface area contributed by atoms with Crippen LogP contribution in [-0.4, -0.2) is 7.05 Å². The van der Waals surface area contributed by atoms with Crippen molar-refractivity contribution in [3.63, 3.8) is 0 Å². The highest BCUT2D eigenvalue weighted by atomic mass is 19.1. The molecule has 0 saturated heterocycles. The second-order valence-electron chi connectivity index (χ2n) is 4.69. The molecule has 0 aliphatic heterocycles. The third-order valence-corrected chi connectivity index (χ3v) is 3.17.